The van der Waals surface area contributed by atoms with Crippen LogP contribution in [0.1, 0.15) is 29.6 Å². The van der Waals surface area contributed by atoms with Crippen LogP contribution in [0, 0.1) is 5.82 Å². The number of amides is 1. The first-order valence-corrected chi connectivity index (χ1v) is 6.12. The fourth-order valence-corrected chi connectivity index (χ4v) is 2.05. The molecule has 1 heterocycles. The number of halogens is 1. The van der Waals surface area contributed by atoms with Gasteiger partial charge in [0.2, 0.25) is 0 Å². The largest absolute Gasteiger partial charge is 0.396 e. The minimum absolute atomic E-state index is 0.105. The van der Waals surface area contributed by atoms with Crippen LogP contribution in [0.3, 0.4) is 0 Å². The van der Waals surface area contributed by atoms with E-state index in [1.807, 2.05) is 0 Å². The molecule has 2 rings (SSSR count). The zero-order valence-electron chi connectivity index (χ0n) is 10.1. The maximum absolute atomic E-state index is 13.2. The summed E-state index contributed by atoms with van der Waals surface area (Å²) < 4.78 is 18.6. The molecule has 0 aromatic heterocycles. The molecule has 3 N–H and O–H groups in total. The zero-order chi connectivity index (χ0) is 13.0. The number of anilines is 1. The maximum atomic E-state index is 13.2. The number of nitrogens with two attached hydrogens (primary N) is 1. The molecule has 18 heavy (non-hydrogen) atoms. The standard InChI is InChI=1S/C13H17FN2O2/c14-11-5-1-4-10(12(11)15)13(17)16-7-6-9-3-2-8-18-9/h1,4-5,9H,2-3,6-8,15H2,(H,16,17). The molecule has 1 unspecified atom stereocenters. The zero-order valence-corrected chi connectivity index (χ0v) is 10.1. The van der Waals surface area contributed by atoms with Crippen molar-refractivity contribution in [3.63, 3.8) is 0 Å². The molecule has 1 fully saturated rings. The highest BCUT2D eigenvalue weighted by Crippen LogP contribution is 2.16. The topological polar surface area (TPSA) is 64.4 Å². The molecule has 0 saturated carbocycles. The Kier molecular flexibility index (Phi) is 4.15. The molecule has 1 aromatic rings. The van der Waals surface area contributed by atoms with Crippen molar-refractivity contribution in [1.29, 1.82) is 0 Å². The Hall–Kier alpha value is -1.62. The van der Waals surface area contributed by atoms with E-state index in [9.17, 15) is 9.18 Å². The molecule has 5 heteroatoms. The molecule has 1 aromatic carbocycles. The van der Waals surface area contributed by atoms with E-state index in [0.29, 0.717) is 6.54 Å². The predicted octanol–water partition coefficient (Wildman–Crippen LogP) is 1.71. The highest BCUT2D eigenvalue weighted by Gasteiger charge is 2.16. The van der Waals surface area contributed by atoms with Crippen LogP contribution in [0.25, 0.3) is 0 Å². The number of nitrogen functional groups attached to an aromatic ring is 1. The van der Waals surface area contributed by atoms with Gasteiger partial charge < -0.3 is 15.8 Å². The van der Waals surface area contributed by atoms with E-state index in [0.717, 1.165) is 25.9 Å². The molecule has 0 radical (unpaired) electrons. The molecule has 1 aliphatic heterocycles. The van der Waals surface area contributed by atoms with Gasteiger partial charge >= 0.3 is 0 Å². The monoisotopic (exact) mass is 252 g/mol. The number of carbonyl (C=O) groups excluding carboxylic acids is 1. The molecule has 0 aliphatic carbocycles. The van der Waals surface area contributed by atoms with Crippen molar-refractivity contribution in [3.8, 4) is 0 Å². The Labute approximate surface area is 105 Å². The summed E-state index contributed by atoms with van der Waals surface area (Å²) in [6, 6.07) is 4.22. The van der Waals surface area contributed by atoms with Crippen molar-refractivity contribution in [3.05, 3.63) is 29.6 Å². The first kappa shape index (κ1) is 12.8. The molecule has 0 bridgehead atoms. The minimum Gasteiger partial charge on any atom is -0.396 e. The molecule has 1 amide bonds. The van der Waals surface area contributed by atoms with E-state index in [4.69, 9.17) is 10.5 Å². The summed E-state index contributed by atoms with van der Waals surface area (Å²) in [6.45, 7) is 1.31. The van der Waals surface area contributed by atoms with Gasteiger partial charge in [-0.2, -0.15) is 0 Å². The van der Waals surface area contributed by atoms with Gasteiger partial charge in [0.25, 0.3) is 5.91 Å². The molecule has 1 atom stereocenters. The highest BCUT2D eigenvalue weighted by molar-refractivity contribution is 5.99. The first-order valence-electron chi connectivity index (χ1n) is 6.12. The van der Waals surface area contributed by atoms with Gasteiger partial charge in [0.1, 0.15) is 5.82 Å². The molecular formula is C13H17FN2O2. The van der Waals surface area contributed by atoms with Crippen molar-refractivity contribution < 1.29 is 13.9 Å². The van der Waals surface area contributed by atoms with Gasteiger partial charge in [0.15, 0.2) is 0 Å². The maximum Gasteiger partial charge on any atom is 0.253 e. The summed E-state index contributed by atoms with van der Waals surface area (Å²) in [5.41, 5.74) is 5.60. The number of para-hydroxylation sites is 1. The quantitative estimate of drug-likeness (QED) is 0.802. The minimum atomic E-state index is -0.568. The normalized spacial score (nSPS) is 18.8. The smallest absolute Gasteiger partial charge is 0.253 e. The summed E-state index contributed by atoms with van der Waals surface area (Å²) in [7, 11) is 0. The molecule has 0 spiro atoms. The Bertz CT molecular complexity index is 431. The van der Waals surface area contributed by atoms with Crippen molar-refractivity contribution in [2.45, 2.75) is 25.4 Å². The molecule has 1 aliphatic rings. The summed E-state index contributed by atoms with van der Waals surface area (Å²) in [5, 5.41) is 2.73. The third-order valence-corrected chi connectivity index (χ3v) is 3.07. The Morgan fingerprint density at radius 2 is 2.39 bits per heavy atom. The van der Waals surface area contributed by atoms with Gasteiger partial charge in [-0.3, -0.25) is 4.79 Å². The van der Waals surface area contributed by atoms with Crippen LogP contribution >= 0.6 is 0 Å². The second-order valence-corrected chi connectivity index (χ2v) is 4.38. The average molecular weight is 252 g/mol. The number of ether oxygens (including phenoxy) is 1. The predicted molar refractivity (Wildman–Crippen MR) is 66.7 cm³/mol. The Morgan fingerprint density at radius 3 is 3.11 bits per heavy atom. The molecule has 98 valence electrons. The van der Waals surface area contributed by atoms with Gasteiger partial charge in [-0.1, -0.05) is 6.07 Å². The summed E-state index contributed by atoms with van der Waals surface area (Å²) in [4.78, 5) is 11.8. The van der Waals surface area contributed by atoms with Gasteiger partial charge in [0, 0.05) is 13.2 Å². The number of carbonyl (C=O) groups is 1. The lowest BCUT2D eigenvalue weighted by Gasteiger charge is -2.11. The number of rotatable bonds is 4. The van der Waals surface area contributed by atoms with Crippen LogP contribution in [0.15, 0.2) is 18.2 Å². The van der Waals surface area contributed by atoms with Crippen LogP contribution in [-0.4, -0.2) is 25.2 Å². The van der Waals surface area contributed by atoms with Crippen LogP contribution in [0.4, 0.5) is 10.1 Å². The van der Waals surface area contributed by atoms with Gasteiger partial charge in [-0.05, 0) is 31.4 Å². The summed E-state index contributed by atoms with van der Waals surface area (Å²) >= 11 is 0. The van der Waals surface area contributed by atoms with Crippen LogP contribution in [-0.2, 0) is 4.74 Å². The van der Waals surface area contributed by atoms with Gasteiger partial charge in [0.05, 0.1) is 17.4 Å². The van der Waals surface area contributed by atoms with E-state index in [2.05, 4.69) is 5.32 Å². The number of benzene rings is 1. The third kappa shape index (κ3) is 2.98. The Balaban J connectivity index is 1.85. The highest BCUT2D eigenvalue weighted by atomic mass is 19.1. The van der Waals surface area contributed by atoms with Crippen LogP contribution in [0.2, 0.25) is 0 Å². The summed E-state index contributed by atoms with van der Waals surface area (Å²) in [5.74, 6) is -0.910. The number of hydrogen-bond acceptors (Lipinski definition) is 3. The average Bonchev–Trinajstić information content (AvgIpc) is 2.85. The van der Waals surface area contributed by atoms with E-state index in [1.54, 1.807) is 0 Å². The Morgan fingerprint density at radius 1 is 1.56 bits per heavy atom. The second kappa shape index (κ2) is 5.82. The number of hydrogen-bond donors (Lipinski definition) is 2. The van der Waals surface area contributed by atoms with Crippen molar-refractivity contribution in [2.24, 2.45) is 0 Å². The van der Waals surface area contributed by atoms with Crippen LogP contribution < -0.4 is 11.1 Å². The van der Waals surface area contributed by atoms with E-state index in [-0.39, 0.29) is 23.3 Å². The molecule has 4 nitrogen and oxygen atoms in total. The summed E-state index contributed by atoms with van der Waals surface area (Å²) in [6.07, 6.45) is 3.13. The first-order chi connectivity index (χ1) is 8.68. The molecular weight excluding hydrogens is 235 g/mol. The lowest BCUT2D eigenvalue weighted by atomic mass is 10.1. The fraction of sp³-hybridized carbons (Fsp3) is 0.462. The van der Waals surface area contributed by atoms with Gasteiger partial charge in [-0.15, -0.1) is 0 Å². The van der Waals surface area contributed by atoms with E-state index >= 15 is 0 Å². The second-order valence-electron chi connectivity index (χ2n) is 4.38. The SMILES string of the molecule is Nc1c(F)cccc1C(=O)NCCC1CCCO1. The van der Waals surface area contributed by atoms with Crippen molar-refractivity contribution in [1.82, 2.24) is 5.32 Å². The van der Waals surface area contributed by atoms with Crippen molar-refractivity contribution in [2.75, 3.05) is 18.9 Å². The fourth-order valence-electron chi connectivity index (χ4n) is 2.05. The van der Waals surface area contributed by atoms with Crippen LogP contribution in [0.5, 0.6) is 0 Å². The third-order valence-electron chi connectivity index (χ3n) is 3.07. The lowest BCUT2D eigenvalue weighted by molar-refractivity contribution is 0.0907. The lowest BCUT2D eigenvalue weighted by Crippen LogP contribution is -2.27. The van der Waals surface area contributed by atoms with E-state index < -0.39 is 5.82 Å². The number of nitrogens with one attached hydrogen (secondary N) is 1. The van der Waals surface area contributed by atoms with E-state index in [1.165, 1.54) is 18.2 Å². The molecule has 1 saturated heterocycles. The van der Waals surface area contributed by atoms with Gasteiger partial charge in [-0.25, -0.2) is 4.39 Å². The van der Waals surface area contributed by atoms with Crippen molar-refractivity contribution >= 4 is 11.6 Å².